The molecular weight excluding hydrogens is 234 g/mol. The Morgan fingerprint density at radius 3 is 2.50 bits per heavy atom. The largest absolute Gasteiger partial charge is 0.341 e. The lowest BCUT2D eigenvalue weighted by molar-refractivity contribution is 0.863. The van der Waals surface area contributed by atoms with Crippen molar-refractivity contribution >= 4 is 34.9 Å². The molecule has 0 spiro atoms. The molecule has 0 atom stereocenters. The van der Waals surface area contributed by atoms with Crippen molar-refractivity contribution < 1.29 is 0 Å². The van der Waals surface area contributed by atoms with Gasteiger partial charge in [0.15, 0.2) is 0 Å². The molecule has 1 N–H and O–H groups in total. The normalized spacial score (nSPS) is 10.2. The summed E-state index contributed by atoms with van der Waals surface area (Å²) in [5, 5.41) is 3.15. The zero-order valence-electron chi connectivity index (χ0n) is 9.92. The predicted molar refractivity (Wildman–Crippen MR) is 79.6 cm³/mol. The summed E-state index contributed by atoms with van der Waals surface area (Å²) in [6.45, 7) is 4.41. The van der Waals surface area contributed by atoms with E-state index in [1.54, 1.807) is 0 Å². The fourth-order valence-corrected chi connectivity index (χ4v) is 2.15. The second kappa shape index (κ2) is 6.92. The first-order chi connectivity index (χ1) is 7.69. The summed E-state index contributed by atoms with van der Waals surface area (Å²) in [7, 11) is 0. The third-order valence-electron chi connectivity index (χ3n) is 2.53. The highest BCUT2D eigenvalue weighted by molar-refractivity contribution is 8.11. The maximum absolute atomic E-state index is 4.98. The van der Waals surface area contributed by atoms with Crippen molar-refractivity contribution in [3.8, 4) is 0 Å². The van der Waals surface area contributed by atoms with Crippen molar-refractivity contribution in [2.24, 2.45) is 0 Å². The van der Waals surface area contributed by atoms with Crippen LogP contribution in [0.15, 0.2) is 18.2 Å². The number of hydrogen-bond donors (Lipinski definition) is 2. The van der Waals surface area contributed by atoms with Crippen molar-refractivity contribution in [3.05, 3.63) is 29.3 Å². The Labute approximate surface area is 109 Å². The van der Waals surface area contributed by atoms with Crippen LogP contribution in [0.25, 0.3) is 0 Å². The van der Waals surface area contributed by atoms with Gasteiger partial charge in [0, 0.05) is 5.69 Å². The molecule has 1 aromatic rings. The molecule has 0 saturated heterocycles. The number of nitrogens with one attached hydrogen (secondary N) is 1. The summed E-state index contributed by atoms with van der Waals surface area (Å²) in [5.74, 6) is 0. The summed E-state index contributed by atoms with van der Waals surface area (Å²) in [6, 6.07) is 6.37. The second-order valence-electron chi connectivity index (χ2n) is 3.87. The lowest BCUT2D eigenvalue weighted by atomic mass is 9.98. The van der Waals surface area contributed by atoms with Gasteiger partial charge in [0.2, 0.25) is 0 Å². The van der Waals surface area contributed by atoms with Crippen molar-refractivity contribution in [2.45, 2.75) is 39.5 Å². The number of rotatable bonds is 5. The predicted octanol–water partition coefficient (Wildman–Crippen LogP) is 4.22. The number of thiocarbonyl (C=S) groups is 1. The van der Waals surface area contributed by atoms with Gasteiger partial charge < -0.3 is 5.32 Å². The van der Waals surface area contributed by atoms with Crippen LogP contribution in [0.1, 0.15) is 37.8 Å². The molecule has 1 nitrogen and oxygen atoms in total. The van der Waals surface area contributed by atoms with E-state index in [9.17, 15) is 0 Å². The van der Waals surface area contributed by atoms with Crippen molar-refractivity contribution in [2.75, 3.05) is 5.32 Å². The Kier molecular flexibility index (Phi) is 5.85. The number of benzene rings is 1. The summed E-state index contributed by atoms with van der Waals surface area (Å²) in [6.07, 6.45) is 4.54. The molecule has 0 aliphatic heterocycles. The fourth-order valence-electron chi connectivity index (χ4n) is 1.92. The maximum atomic E-state index is 4.98. The van der Waals surface area contributed by atoms with Gasteiger partial charge >= 0.3 is 0 Å². The van der Waals surface area contributed by atoms with E-state index in [-0.39, 0.29) is 0 Å². The molecule has 0 aliphatic carbocycles. The van der Waals surface area contributed by atoms with E-state index < -0.39 is 0 Å². The molecular formula is C13H19NS2. The summed E-state index contributed by atoms with van der Waals surface area (Å²) < 4.78 is 0.533. The van der Waals surface area contributed by atoms with Crippen LogP contribution in [0.2, 0.25) is 0 Å². The van der Waals surface area contributed by atoms with Gasteiger partial charge in [-0.1, -0.05) is 51.0 Å². The van der Waals surface area contributed by atoms with Crippen LogP contribution in [0.5, 0.6) is 0 Å². The van der Waals surface area contributed by atoms with Gasteiger partial charge in [-0.3, -0.25) is 0 Å². The van der Waals surface area contributed by atoms with Crippen LogP contribution in [0.3, 0.4) is 0 Å². The molecule has 0 unspecified atom stereocenters. The molecule has 0 heterocycles. The highest BCUT2D eigenvalue weighted by atomic mass is 32.1. The molecule has 88 valence electrons. The van der Waals surface area contributed by atoms with E-state index in [4.69, 9.17) is 12.2 Å². The van der Waals surface area contributed by atoms with Crippen molar-refractivity contribution in [1.82, 2.24) is 0 Å². The maximum Gasteiger partial charge on any atom is 0.135 e. The van der Waals surface area contributed by atoms with E-state index in [1.807, 2.05) is 0 Å². The van der Waals surface area contributed by atoms with Crippen LogP contribution in [0, 0.1) is 0 Å². The van der Waals surface area contributed by atoms with Gasteiger partial charge in [0.1, 0.15) is 4.32 Å². The molecule has 0 aliphatic rings. The average molecular weight is 253 g/mol. The van der Waals surface area contributed by atoms with Crippen LogP contribution in [-0.4, -0.2) is 4.32 Å². The van der Waals surface area contributed by atoms with Crippen LogP contribution >= 0.6 is 24.8 Å². The summed E-state index contributed by atoms with van der Waals surface area (Å²) in [5.41, 5.74) is 3.94. The fraction of sp³-hybridized carbons (Fsp3) is 0.462. The molecule has 0 aromatic heterocycles. The molecule has 0 saturated carbocycles. The minimum atomic E-state index is 0.533. The van der Waals surface area contributed by atoms with Crippen LogP contribution in [0.4, 0.5) is 5.69 Å². The minimum Gasteiger partial charge on any atom is -0.341 e. The Morgan fingerprint density at radius 1 is 1.25 bits per heavy atom. The molecule has 0 radical (unpaired) electrons. The summed E-state index contributed by atoms with van der Waals surface area (Å²) in [4.78, 5) is 0. The van der Waals surface area contributed by atoms with Gasteiger partial charge in [-0.15, -0.1) is 12.6 Å². The Bertz CT molecular complexity index is 361. The first-order valence-corrected chi connectivity index (χ1v) is 6.65. The Morgan fingerprint density at radius 2 is 1.94 bits per heavy atom. The van der Waals surface area contributed by atoms with E-state index >= 15 is 0 Å². The van der Waals surface area contributed by atoms with Gasteiger partial charge in [-0.25, -0.2) is 0 Å². The smallest absolute Gasteiger partial charge is 0.135 e. The number of aryl methyl sites for hydroxylation is 1. The lowest BCUT2D eigenvalue weighted by Gasteiger charge is -2.14. The molecule has 0 bridgehead atoms. The molecule has 3 heteroatoms. The Balaban J connectivity index is 3.04. The van der Waals surface area contributed by atoms with Gasteiger partial charge in [0.05, 0.1) is 0 Å². The zero-order valence-corrected chi connectivity index (χ0v) is 11.6. The monoisotopic (exact) mass is 253 g/mol. The van der Waals surface area contributed by atoms with E-state index in [0.29, 0.717) is 4.32 Å². The molecule has 1 rings (SSSR count). The average Bonchev–Trinajstić information content (AvgIpc) is 2.22. The first-order valence-electron chi connectivity index (χ1n) is 5.79. The van der Waals surface area contributed by atoms with Gasteiger partial charge in [0.25, 0.3) is 0 Å². The first kappa shape index (κ1) is 13.5. The highest BCUT2D eigenvalue weighted by Gasteiger charge is 2.07. The molecule has 16 heavy (non-hydrogen) atoms. The number of hydrogen-bond acceptors (Lipinski definition) is 1. The second-order valence-corrected chi connectivity index (χ2v) is 5.03. The standard InChI is InChI=1S/C13H19NS2/c1-3-6-10-8-5-9-12(14-13(15)16)11(10)7-4-2/h5,8-9H,3-4,6-7H2,1-2H3,(H2,14,15,16). The third-order valence-corrected chi connectivity index (χ3v) is 2.75. The van der Waals surface area contributed by atoms with Crippen LogP contribution < -0.4 is 5.32 Å². The SMILES string of the molecule is CCCc1cccc(NC(=S)S)c1CCC. The van der Waals surface area contributed by atoms with Gasteiger partial charge in [-0.05, 0) is 30.0 Å². The number of thiol groups is 1. The zero-order chi connectivity index (χ0) is 12.0. The topological polar surface area (TPSA) is 12.0 Å². The van der Waals surface area contributed by atoms with E-state index in [0.717, 1.165) is 24.9 Å². The number of anilines is 1. The summed E-state index contributed by atoms with van der Waals surface area (Å²) >= 11 is 9.11. The third kappa shape index (κ3) is 3.80. The van der Waals surface area contributed by atoms with Crippen molar-refractivity contribution in [1.29, 1.82) is 0 Å². The van der Waals surface area contributed by atoms with E-state index in [1.165, 1.54) is 17.5 Å². The van der Waals surface area contributed by atoms with Crippen molar-refractivity contribution in [3.63, 3.8) is 0 Å². The van der Waals surface area contributed by atoms with Crippen LogP contribution in [-0.2, 0) is 12.8 Å². The molecule has 0 amide bonds. The minimum absolute atomic E-state index is 0.533. The van der Waals surface area contributed by atoms with Gasteiger partial charge in [-0.2, -0.15) is 0 Å². The van der Waals surface area contributed by atoms with E-state index in [2.05, 4.69) is 50.0 Å². The lowest BCUT2D eigenvalue weighted by Crippen LogP contribution is -2.06. The molecule has 0 fully saturated rings. The Hall–Kier alpha value is -0.540. The quantitative estimate of drug-likeness (QED) is 0.602. The highest BCUT2D eigenvalue weighted by Crippen LogP contribution is 2.23. The molecule has 1 aromatic carbocycles.